The maximum Gasteiger partial charge on any atom is 0.124 e. The molecular formula is C17H15ClO2. The lowest BCUT2D eigenvalue weighted by atomic mass is 10.1. The van der Waals surface area contributed by atoms with Crippen molar-refractivity contribution in [2.24, 2.45) is 0 Å². The Morgan fingerprint density at radius 2 is 1.90 bits per heavy atom. The second-order valence-electron chi connectivity index (χ2n) is 4.36. The summed E-state index contributed by atoms with van der Waals surface area (Å²) in [7, 11) is 0. The lowest BCUT2D eigenvalue weighted by molar-refractivity contribution is 0.304. The maximum atomic E-state index is 8.64. The minimum Gasteiger partial charge on any atom is -0.489 e. The number of rotatable bonds is 3. The van der Waals surface area contributed by atoms with E-state index in [0.29, 0.717) is 11.6 Å². The van der Waals surface area contributed by atoms with Gasteiger partial charge in [-0.15, -0.1) is 0 Å². The molecule has 102 valence electrons. The summed E-state index contributed by atoms with van der Waals surface area (Å²) in [6.07, 6.45) is 0. The fourth-order valence-electron chi connectivity index (χ4n) is 1.72. The first kappa shape index (κ1) is 14.5. The standard InChI is InChI=1S/C17H15ClO2/c1-13-4-9-16(18)11-17(13)20-12-15-7-5-14(6-8-15)3-2-10-19/h4-9,11,19H,10,12H2,1H3. The largest absolute Gasteiger partial charge is 0.489 e. The van der Waals surface area contributed by atoms with Crippen LogP contribution < -0.4 is 4.74 Å². The topological polar surface area (TPSA) is 29.5 Å². The molecule has 0 aliphatic heterocycles. The Labute approximate surface area is 124 Å². The van der Waals surface area contributed by atoms with Gasteiger partial charge in [-0.25, -0.2) is 0 Å². The van der Waals surface area contributed by atoms with Crippen LogP contribution in [0.5, 0.6) is 5.75 Å². The summed E-state index contributed by atoms with van der Waals surface area (Å²) in [5.74, 6) is 6.26. The molecule has 0 spiro atoms. The van der Waals surface area contributed by atoms with Crippen LogP contribution >= 0.6 is 11.6 Å². The Balaban J connectivity index is 2.02. The summed E-state index contributed by atoms with van der Waals surface area (Å²) >= 11 is 5.95. The fourth-order valence-corrected chi connectivity index (χ4v) is 1.88. The zero-order chi connectivity index (χ0) is 14.4. The number of aliphatic hydroxyl groups is 1. The predicted octanol–water partition coefficient (Wildman–Crippen LogP) is 3.57. The van der Waals surface area contributed by atoms with Crippen LogP contribution in [0.15, 0.2) is 42.5 Å². The van der Waals surface area contributed by atoms with E-state index in [1.165, 1.54) is 0 Å². The molecule has 2 nitrogen and oxygen atoms in total. The number of ether oxygens (including phenoxy) is 1. The Morgan fingerprint density at radius 3 is 2.60 bits per heavy atom. The molecule has 0 aliphatic rings. The molecule has 0 amide bonds. The van der Waals surface area contributed by atoms with Gasteiger partial charge in [-0.05, 0) is 42.3 Å². The average Bonchev–Trinajstić information content (AvgIpc) is 2.47. The van der Waals surface area contributed by atoms with Gasteiger partial charge in [0.2, 0.25) is 0 Å². The Bertz CT molecular complexity index is 636. The van der Waals surface area contributed by atoms with Crippen molar-refractivity contribution in [3.8, 4) is 17.6 Å². The lowest BCUT2D eigenvalue weighted by Gasteiger charge is -2.09. The molecular weight excluding hydrogens is 272 g/mol. The van der Waals surface area contributed by atoms with Gasteiger partial charge < -0.3 is 9.84 Å². The lowest BCUT2D eigenvalue weighted by Crippen LogP contribution is -1.97. The number of hydrogen-bond acceptors (Lipinski definition) is 2. The zero-order valence-electron chi connectivity index (χ0n) is 11.2. The predicted molar refractivity (Wildman–Crippen MR) is 80.9 cm³/mol. The number of halogens is 1. The minimum absolute atomic E-state index is 0.126. The van der Waals surface area contributed by atoms with Crippen LogP contribution in [0.25, 0.3) is 0 Å². The highest BCUT2D eigenvalue weighted by atomic mass is 35.5. The van der Waals surface area contributed by atoms with Crippen molar-refractivity contribution in [2.45, 2.75) is 13.5 Å². The van der Waals surface area contributed by atoms with Gasteiger partial charge in [-0.2, -0.15) is 0 Å². The van der Waals surface area contributed by atoms with E-state index in [-0.39, 0.29) is 6.61 Å². The maximum absolute atomic E-state index is 8.64. The summed E-state index contributed by atoms with van der Waals surface area (Å²) in [5.41, 5.74) is 2.99. The normalized spacial score (nSPS) is 9.75. The number of aliphatic hydroxyl groups excluding tert-OH is 1. The molecule has 0 fully saturated rings. The molecule has 3 heteroatoms. The number of aryl methyl sites for hydroxylation is 1. The fraction of sp³-hybridized carbons (Fsp3) is 0.176. The van der Waals surface area contributed by atoms with Crippen molar-refractivity contribution < 1.29 is 9.84 Å². The van der Waals surface area contributed by atoms with E-state index in [1.807, 2.05) is 49.4 Å². The van der Waals surface area contributed by atoms with Crippen molar-refractivity contribution in [2.75, 3.05) is 6.61 Å². The summed E-state index contributed by atoms with van der Waals surface area (Å²) < 4.78 is 5.76. The summed E-state index contributed by atoms with van der Waals surface area (Å²) in [4.78, 5) is 0. The van der Waals surface area contributed by atoms with Gasteiger partial charge in [0.05, 0.1) is 0 Å². The molecule has 0 saturated heterocycles. The van der Waals surface area contributed by atoms with Crippen molar-refractivity contribution >= 4 is 11.6 Å². The molecule has 20 heavy (non-hydrogen) atoms. The second-order valence-corrected chi connectivity index (χ2v) is 4.79. The monoisotopic (exact) mass is 286 g/mol. The zero-order valence-corrected chi connectivity index (χ0v) is 11.9. The number of hydrogen-bond donors (Lipinski definition) is 1. The third kappa shape index (κ3) is 4.03. The molecule has 0 radical (unpaired) electrons. The third-order valence-electron chi connectivity index (χ3n) is 2.81. The van der Waals surface area contributed by atoms with E-state index in [4.69, 9.17) is 21.4 Å². The van der Waals surface area contributed by atoms with Crippen LogP contribution in [-0.2, 0) is 6.61 Å². The van der Waals surface area contributed by atoms with Crippen molar-refractivity contribution in [3.63, 3.8) is 0 Å². The average molecular weight is 287 g/mol. The highest BCUT2D eigenvalue weighted by Crippen LogP contribution is 2.23. The molecule has 0 heterocycles. The summed E-state index contributed by atoms with van der Waals surface area (Å²) in [6.45, 7) is 2.34. The second kappa shape index (κ2) is 7.00. The van der Waals surface area contributed by atoms with Crippen molar-refractivity contribution in [3.05, 3.63) is 64.2 Å². The van der Waals surface area contributed by atoms with Crippen LogP contribution in [0.1, 0.15) is 16.7 Å². The molecule has 2 aromatic rings. The first-order chi connectivity index (χ1) is 9.69. The molecule has 0 aromatic heterocycles. The molecule has 0 bridgehead atoms. The smallest absolute Gasteiger partial charge is 0.124 e. The van der Waals surface area contributed by atoms with E-state index in [1.54, 1.807) is 0 Å². The highest BCUT2D eigenvalue weighted by molar-refractivity contribution is 6.30. The Hall–Kier alpha value is -1.95. The van der Waals surface area contributed by atoms with Gasteiger partial charge >= 0.3 is 0 Å². The number of benzene rings is 2. The molecule has 1 N–H and O–H groups in total. The molecule has 2 aromatic carbocycles. The van der Waals surface area contributed by atoms with E-state index < -0.39 is 0 Å². The van der Waals surface area contributed by atoms with Crippen LogP contribution in [0.2, 0.25) is 5.02 Å². The van der Waals surface area contributed by atoms with Crippen molar-refractivity contribution in [1.29, 1.82) is 0 Å². The van der Waals surface area contributed by atoms with Gasteiger partial charge in [-0.3, -0.25) is 0 Å². The van der Waals surface area contributed by atoms with E-state index in [2.05, 4.69) is 11.8 Å². The van der Waals surface area contributed by atoms with E-state index in [0.717, 1.165) is 22.4 Å². The minimum atomic E-state index is -0.126. The summed E-state index contributed by atoms with van der Waals surface area (Å²) in [5, 5.41) is 9.30. The molecule has 0 aliphatic carbocycles. The van der Waals surface area contributed by atoms with Crippen LogP contribution in [-0.4, -0.2) is 11.7 Å². The van der Waals surface area contributed by atoms with Crippen LogP contribution in [0.3, 0.4) is 0 Å². The Morgan fingerprint density at radius 1 is 1.15 bits per heavy atom. The molecule has 0 atom stereocenters. The van der Waals surface area contributed by atoms with Gasteiger partial charge in [0.25, 0.3) is 0 Å². The van der Waals surface area contributed by atoms with Gasteiger partial charge in [0, 0.05) is 10.6 Å². The first-order valence-electron chi connectivity index (χ1n) is 6.26. The van der Waals surface area contributed by atoms with E-state index >= 15 is 0 Å². The quantitative estimate of drug-likeness (QED) is 0.874. The van der Waals surface area contributed by atoms with Crippen LogP contribution in [0, 0.1) is 18.8 Å². The van der Waals surface area contributed by atoms with Gasteiger partial charge in [0.15, 0.2) is 0 Å². The molecule has 0 unspecified atom stereocenters. The third-order valence-corrected chi connectivity index (χ3v) is 3.05. The van der Waals surface area contributed by atoms with Crippen LogP contribution in [0.4, 0.5) is 0 Å². The summed E-state index contributed by atoms with van der Waals surface area (Å²) in [6, 6.07) is 13.3. The van der Waals surface area contributed by atoms with Gasteiger partial charge in [-0.1, -0.05) is 41.6 Å². The highest BCUT2D eigenvalue weighted by Gasteiger charge is 2.01. The SMILES string of the molecule is Cc1ccc(Cl)cc1OCc1ccc(C#CCO)cc1. The Kier molecular flexibility index (Phi) is 5.06. The molecule has 0 saturated carbocycles. The van der Waals surface area contributed by atoms with Crippen molar-refractivity contribution in [1.82, 2.24) is 0 Å². The molecule has 2 rings (SSSR count). The first-order valence-corrected chi connectivity index (χ1v) is 6.64. The van der Waals surface area contributed by atoms with Gasteiger partial charge in [0.1, 0.15) is 19.0 Å². The van der Waals surface area contributed by atoms with E-state index in [9.17, 15) is 0 Å².